The molecule has 1 aliphatic rings. The number of nitrogens with zero attached hydrogens (tertiary/aromatic N) is 1. The Labute approximate surface area is 188 Å². The minimum atomic E-state index is -3.48. The fraction of sp³-hybridized carbons (Fsp3) is 0.409. The van der Waals surface area contributed by atoms with Crippen molar-refractivity contribution in [2.75, 3.05) is 19.6 Å². The predicted molar refractivity (Wildman–Crippen MR) is 121 cm³/mol. The lowest BCUT2D eigenvalue weighted by Gasteiger charge is -2.30. The van der Waals surface area contributed by atoms with Gasteiger partial charge in [0.05, 0.1) is 15.8 Å². The van der Waals surface area contributed by atoms with Gasteiger partial charge in [-0.15, -0.1) is 0 Å². The van der Waals surface area contributed by atoms with E-state index in [2.05, 4.69) is 12.2 Å². The third-order valence-corrected chi connectivity index (χ3v) is 8.09. The van der Waals surface area contributed by atoms with Crippen molar-refractivity contribution in [3.05, 3.63) is 69.7 Å². The summed E-state index contributed by atoms with van der Waals surface area (Å²) in [4.78, 5) is 12.5. The standard InChI is InChI=1S/C22H26Cl2N2O3S/c1-16(18-5-3-2-4-6-18)14-25-22(27)19-9-11-26(12-10-19)30(28,29)15-17-7-8-20(23)21(24)13-17/h2-8,13,16,19H,9-12,14-15H2,1H3,(H,25,27). The number of rotatable bonds is 7. The van der Waals surface area contributed by atoms with Crippen LogP contribution in [0.4, 0.5) is 0 Å². The van der Waals surface area contributed by atoms with Gasteiger partial charge in [0.25, 0.3) is 0 Å². The Hall–Kier alpha value is -1.60. The highest BCUT2D eigenvalue weighted by atomic mass is 35.5. The molecule has 1 heterocycles. The number of hydrogen-bond donors (Lipinski definition) is 1. The summed E-state index contributed by atoms with van der Waals surface area (Å²) in [7, 11) is -3.48. The maximum absolute atomic E-state index is 12.7. The molecule has 1 N–H and O–H groups in total. The molecule has 0 aromatic heterocycles. The minimum Gasteiger partial charge on any atom is -0.355 e. The monoisotopic (exact) mass is 468 g/mol. The molecule has 0 spiro atoms. The maximum Gasteiger partial charge on any atom is 0.223 e. The molecule has 30 heavy (non-hydrogen) atoms. The number of carbonyl (C=O) groups excluding carboxylic acids is 1. The molecule has 162 valence electrons. The first kappa shape index (κ1) is 23.1. The Kier molecular flexibility index (Phi) is 7.80. The summed E-state index contributed by atoms with van der Waals surface area (Å²) in [5.41, 5.74) is 1.78. The molecule has 5 nitrogen and oxygen atoms in total. The van der Waals surface area contributed by atoms with Gasteiger partial charge in [-0.25, -0.2) is 12.7 Å². The lowest BCUT2D eigenvalue weighted by molar-refractivity contribution is -0.126. The Balaban J connectivity index is 1.49. The first-order chi connectivity index (χ1) is 14.3. The van der Waals surface area contributed by atoms with Gasteiger partial charge in [-0.3, -0.25) is 4.79 Å². The van der Waals surface area contributed by atoms with Crippen LogP contribution in [-0.4, -0.2) is 38.3 Å². The van der Waals surface area contributed by atoms with Crippen molar-refractivity contribution in [3.63, 3.8) is 0 Å². The number of nitrogens with one attached hydrogen (secondary N) is 1. The second-order valence-corrected chi connectivity index (χ2v) is 10.5. The van der Waals surface area contributed by atoms with Gasteiger partial charge in [0.1, 0.15) is 0 Å². The van der Waals surface area contributed by atoms with E-state index in [1.54, 1.807) is 18.2 Å². The second-order valence-electron chi connectivity index (χ2n) is 7.73. The number of benzene rings is 2. The van der Waals surface area contributed by atoms with Crippen molar-refractivity contribution in [2.24, 2.45) is 5.92 Å². The van der Waals surface area contributed by atoms with Gasteiger partial charge in [0, 0.05) is 25.6 Å². The summed E-state index contributed by atoms with van der Waals surface area (Å²) >= 11 is 11.9. The number of hydrogen-bond acceptors (Lipinski definition) is 3. The largest absolute Gasteiger partial charge is 0.355 e. The Morgan fingerprint density at radius 3 is 2.40 bits per heavy atom. The molecule has 1 aliphatic heterocycles. The SMILES string of the molecule is CC(CNC(=O)C1CCN(S(=O)(=O)Cc2ccc(Cl)c(Cl)c2)CC1)c1ccccc1. The third-order valence-electron chi connectivity index (χ3n) is 5.50. The molecule has 2 aromatic rings. The highest BCUT2D eigenvalue weighted by molar-refractivity contribution is 7.88. The van der Waals surface area contributed by atoms with Crippen LogP contribution in [0.25, 0.3) is 0 Å². The topological polar surface area (TPSA) is 66.5 Å². The Bertz CT molecular complexity index is 975. The molecule has 3 rings (SSSR count). The lowest BCUT2D eigenvalue weighted by Crippen LogP contribution is -2.43. The number of amides is 1. The van der Waals surface area contributed by atoms with Crippen LogP contribution in [0.5, 0.6) is 0 Å². The van der Waals surface area contributed by atoms with E-state index in [4.69, 9.17) is 23.2 Å². The fourth-order valence-corrected chi connectivity index (χ4v) is 5.50. The fourth-order valence-electron chi connectivity index (χ4n) is 3.62. The second kappa shape index (κ2) is 10.1. The normalized spacial score (nSPS) is 16.9. The van der Waals surface area contributed by atoms with Gasteiger partial charge in [0.2, 0.25) is 15.9 Å². The van der Waals surface area contributed by atoms with Crippen molar-refractivity contribution in [3.8, 4) is 0 Å². The van der Waals surface area contributed by atoms with E-state index >= 15 is 0 Å². The van der Waals surface area contributed by atoms with Gasteiger partial charge in [-0.05, 0) is 42.0 Å². The van der Waals surface area contributed by atoms with Gasteiger partial charge in [-0.1, -0.05) is 66.5 Å². The van der Waals surface area contributed by atoms with E-state index in [-0.39, 0.29) is 23.5 Å². The number of halogens is 2. The molecule has 0 radical (unpaired) electrons. The van der Waals surface area contributed by atoms with E-state index in [1.807, 2.05) is 30.3 Å². The van der Waals surface area contributed by atoms with Crippen LogP contribution in [0.2, 0.25) is 10.0 Å². The highest BCUT2D eigenvalue weighted by Gasteiger charge is 2.31. The molecule has 0 saturated carbocycles. The zero-order chi connectivity index (χ0) is 21.7. The van der Waals surface area contributed by atoms with E-state index in [0.717, 1.165) is 0 Å². The van der Waals surface area contributed by atoms with Crippen LogP contribution >= 0.6 is 23.2 Å². The summed E-state index contributed by atoms with van der Waals surface area (Å²) in [5, 5.41) is 3.75. The Morgan fingerprint density at radius 1 is 1.10 bits per heavy atom. The quantitative estimate of drug-likeness (QED) is 0.652. The molecule has 1 saturated heterocycles. The molecule has 1 fully saturated rings. The molecule has 0 bridgehead atoms. The van der Waals surface area contributed by atoms with Gasteiger partial charge in [0.15, 0.2) is 0 Å². The molecule has 1 amide bonds. The number of piperidine rings is 1. The van der Waals surface area contributed by atoms with Crippen LogP contribution < -0.4 is 5.32 Å². The first-order valence-electron chi connectivity index (χ1n) is 10.0. The summed E-state index contributed by atoms with van der Waals surface area (Å²) in [6.45, 7) is 3.33. The van der Waals surface area contributed by atoms with Gasteiger partial charge < -0.3 is 5.32 Å². The van der Waals surface area contributed by atoms with Crippen molar-refractivity contribution in [2.45, 2.75) is 31.4 Å². The van der Waals surface area contributed by atoms with Crippen LogP contribution in [0.1, 0.15) is 36.8 Å². The number of carbonyl (C=O) groups is 1. The summed E-state index contributed by atoms with van der Waals surface area (Å²) < 4.78 is 27.0. The van der Waals surface area contributed by atoms with Crippen LogP contribution in [0, 0.1) is 5.92 Å². The minimum absolute atomic E-state index is 0.000637. The first-order valence-corrected chi connectivity index (χ1v) is 12.4. The highest BCUT2D eigenvalue weighted by Crippen LogP contribution is 2.26. The van der Waals surface area contributed by atoms with E-state index in [9.17, 15) is 13.2 Å². The zero-order valence-corrected chi connectivity index (χ0v) is 19.2. The summed E-state index contributed by atoms with van der Waals surface area (Å²) in [6, 6.07) is 14.9. The van der Waals surface area contributed by atoms with E-state index < -0.39 is 10.0 Å². The molecule has 1 atom stereocenters. The summed E-state index contributed by atoms with van der Waals surface area (Å²) in [5.74, 6) is -0.0689. The predicted octanol–water partition coefficient (Wildman–Crippen LogP) is 4.46. The van der Waals surface area contributed by atoms with Crippen molar-refractivity contribution < 1.29 is 13.2 Å². The van der Waals surface area contributed by atoms with Crippen molar-refractivity contribution >= 4 is 39.1 Å². The van der Waals surface area contributed by atoms with E-state index in [0.29, 0.717) is 48.1 Å². The lowest BCUT2D eigenvalue weighted by atomic mass is 9.96. The van der Waals surface area contributed by atoms with Crippen molar-refractivity contribution in [1.29, 1.82) is 0 Å². The third kappa shape index (κ3) is 5.97. The molecular weight excluding hydrogens is 443 g/mol. The molecule has 1 unspecified atom stereocenters. The Morgan fingerprint density at radius 2 is 1.77 bits per heavy atom. The number of sulfonamides is 1. The molecule has 2 aromatic carbocycles. The average Bonchev–Trinajstić information content (AvgIpc) is 2.75. The maximum atomic E-state index is 12.7. The molecule has 8 heteroatoms. The average molecular weight is 469 g/mol. The summed E-state index contributed by atoms with van der Waals surface area (Å²) in [6.07, 6.45) is 1.04. The van der Waals surface area contributed by atoms with Gasteiger partial charge >= 0.3 is 0 Å². The molecule has 0 aliphatic carbocycles. The van der Waals surface area contributed by atoms with Crippen LogP contribution in [0.3, 0.4) is 0 Å². The van der Waals surface area contributed by atoms with Crippen LogP contribution in [-0.2, 0) is 20.6 Å². The smallest absolute Gasteiger partial charge is 0.223 e. The zero-order valence-electron chi connectivity index (χ0n) is 16.9. The van der Waals surface area contributed by atoms with E-state index in [1.165, 1.54) is 9.87 Å². The van der Waals surface area contributed by atoms with Crippen molar-refractivity contribution in [1.82, 2.24) is 9.62 Å². The van der Waals surface area contributed by atoms with Crippen LogP contribution in [0.15, 0.2) is 48.5 Å². The van der Waals surface area contributed by atoms with Gasteiger partial charge in [-0.2, -0.15) is 0 Å². The molecular formula is C22H26Cl2N2O3S.